The normalized spacial score (nSPS) is 17.4. The highest BCUT2D eigenvalue weighted by atomic mass is 32.1. The molecule has 3 N–H and O–H groups in total. The summed E-state index contributed by atoms with van der Waals surface area (Å²) in [7, 11) is 0. The molecule has 1 saturated carbocycles. The molecule has 0 spiro atoms. The van der Waals surface area contributed by atoms with Crippen molar-refractivity contribution < 1.29 is 0 Å². The highest BCUT2D eigenvalue weighted by Gasteiger charge is 2.21. The summed E-state index contributed by atoms with van der Waals surface area (Å²) in [6.45, 7) is 0.516. The van der Waals surface area contributed by atoms with E-state index in [0.29, 0.717) is 18.5 Å². The van der Waals surface area contributed by atoms with Crippen molar-refractivity contribution in [1.29, 1.82) is 0 Å². The molecule has 1 aromatic heterocycles. The lowest BCUT2D eigenvalue weighted by Gasteiger charge is -2.00. The topological polar surface area (TPSA) is 76.2 Å². The molecule has 6 heteroatoms. The van der Waals surface area contributed by atoms with Gasteiger partial charge in [-0.2, -0.15) is 0 Å². The Morgan fingerprint density at radius 3 is 3.23 bits per heavy atom. The molecule has 1 aromatic rings. The van der Waals surface area contributed by atoms with E-state index in [0.717, 1.165) is 5.69 Å². The van der Waals surface area contributed by atoms with E-state index in [2.05, 4.69) is 19.9 Å². The predicted octanol–water partition coefficient (Wildman–Crippen LogP) is 0.105. The van der Waals surface area contributed by atoms with Crippen molar-refractivity contribution in [2.75, 3.05) is 0 Å². The molecule has 0 radical (unpaired) electrons. The van der Waals surface area contributed by atoms with Gasteiger partial charge in [0.25, 0.3) is 0 Å². The monoisotopic (exact) mass is 197 g/mol. The van der Waals surface area contributed by atoms with E-state index in [9.17, 15) is 0 Å². The summed E-state index contributed by atoms with van der Waals surface area (Å²) in [5.74, 6) is 0.510. The SMILES string of the molecule is NC(=NCc1csnn1)NC1CC1. The standard InChI is InChI=1S/C7H11N5S/c8-7(10-5-1-2-5)9-3-6-4-13-12-11-6/h4-5H,1-3H2,(H3,8,9,10). The third-order valence-electron chi connectivity index (χ3n) is 1.75. The molecule has 13 heavy (non-hydrogen) atoms. The highest BCUT2D eigenvalue weighted by molar-refractivity contribution is 7.03. The Morgan fingerprint density at radius 2 is 2.62 bits per heavy atom. The molecule has 0 unspecified atom stereocenters. The highest BCUT2D eigenvalue weighted by Crippen LogP contribution is 2.17. The second-order valence-corrected chi connectivity index (χ2v) is 3.63. The molecule has 0 atom stereocenters. The van der Waals surface area contributed by atoms with Crippen molar-refractivity contribution in [3.8, 4) is 0 Å². The summed E-state index contributed by atoms with van der Waals surface area (Å²) in [4.78, 5) is 4.13. The first kappa shape index (κ1) is 8.43. The molecule has 5 nitrogen and oxygen atoms in total. The number of nitrogens with one attached hydrogen (secondary N) is 1. The second kappa shape index (κ2) is 3.69. The molecule has 1 aliphatic carbocycles. The van der Waals surface area contributed by atoms with Crippen LogP contribution in [0.4, 0.5) is 0 Å². The Balaban J connectivity index is 1.81. The summed E-state index contributed by atoms with van der Waals surface area (Å²) >= 11 is 1.33. The average Bonchev–Trinajstić information content (AvgIpc) is 2.78. The van der Waals surface area contributed by atoms with E-state index >= 15 is 0 Å². The quantitative estimate of drug-likeness (QED) is 0.532. The van der Waals surface area contributed by atoms with Gasteiger partial charge < -0.3 is 11.1 Å². The van der Waals surface area contributed by atoms with Gasteiger partial charge in [0.05, 0.1) is 12.2 Å². The molecule has 70 valence electrons. The van der Waals surface area contributed by atoms with Crippen LogP contribution >= 0.6 is 11.5 Å². The lowest BCUT2D eigenvalue weighted by atomic mass is 10.5. The van der Waals surface area contributed by atoms with Crippen molar-refractivity contribution >= 4 is 17.5 Å². The molecule has 1 aliphatic rings. The molecule has 2 rings (SSSR count). The third kappa shape index (κ3) is 2.66. The number of nitrogens with two attached hydrogens (primary N) is 1. The van der Waals surface area contributed by atoms with E-state index in [-0.39, 0.29) is 0 Å². The molecule has 0 amide bonds. The summed E-state index contributed by atoms with van der Waals surface area (Å²) in [5.41, 5.74) is 6.49. The van der Waals surface area contributed by atoms with Gasteiger partial charge in [0, 0.05) is 11.4 Å². The Labute approximate surface area is 80.2 Å². The van der Waals surface area contributed by atoms with E-state index < -0.39 is 0 Å². The maximum Gasteiger partial charge on any atom is 0.189 e. The molecule has 0 aromatic carbocycles. The van der Waals surface area contributed by atoms with Crippen LogP contribution in [0.25, 0.3) is 0 Å². The van der Waals surface area contributed by atoms with Gasteiger partial charge in [-0.25, -0.2) is 4.99 Å². The first-order chi connectivity index (χ1) is 6.34. The number of nitrogens with zero attached hydrogens (tertiary/aromatic N) is 3. The van der Waals surface area contributed by atoms with Gasteiger partial charge in [-0.1, -0.05) is 4.49 Å². The number of aromatic nitrogens is 2. The first-order valence-corrected chi connectivity index (χ1v) is 5.00. The minimum absolute atomic E-state index is 0.510. The lowest BCUT2D eigenvalue weighted by molar-refractivity contribution is 0.868. The fourth-order valence-corrected chi connectivity index (χ4v) is 1.34. The summed E-state index contributed by atoms with van der Waals surface area (Å²) in [5, 5.41) is 8.83. The summed E-state index contributed by atoms with van der Waals surface area (Å²) < 4.78 is 3.73. The van der Waals surface area contributed by atoms with Crippen molar-refractivity contribution in [2.24, 2.45) is 10.7 Å². The van der Waals surface area contributed by atoms with Crippen LogP contribution in [0, 0.1) is 0 Å². The zero-order valence-corrected chi connectivity index (χ0v) is 7.92. The van der Waals surface area contributed by atoms with Gasteiger partial charge in [-0.15, -0.1) is 5.10 Å². The van der Waals surface area contributed by atoms with Crippen molar-refractivity contribution in [3.05, 3.63) is 11.1 Å². The van der Waals surface area contributed by atoms with Gasteiger partial charge >= 0.3 is 0 Å². The van der Waals surface area contributed by atoms with Crippen LogP contribution in [0.2, 0.25) is 0 Å². The van der Waals surface area contributed by atoms with Gasteiger partial charge in [0.15, 0.2) is 5.96 Å². The minimum atomic E-state index is 0.510. The lowest BCUT2D eigenvalue weighted by Crippen LogP contribution is -2.33. The Morgan fingerprint density at radius 1 is 1.77 bits per heavy atom. The summed E-state index contributed by atoms with van der Waals surface area (Å²) in [6, 6.07) is 0.553. The maximum atomic E-state index is 5.63. The Hall–Kier alpha value is -1.17. The second-order valence-electron chi connectivity index (χ2n) is 3.02. The van der Waals surface area contributed by atoms with Crippen molar-refractivity contribution in [3.63, 3.8) is 0 Å². The maximum absolute atomic E-state index is 5.63. The van der Waals surface area contributed by atoms with E-state index in [4.69, 9.17) is 5.73 Å². The number of hydrogen-bond acceptors (Lipinski definition) is 4. The van der Waals surface area contributed by atoms with E-state index in [1.807, 2.05) is 5.38 Å². The molecular formula is C7H11N5S. The van der Waals surface area contributed by atoms with Crippen LogP contribution in [0.5, 0.6) is 0 Å². The van der Waals surface area contributed by atoms with Gasteiger partial charge in [0.2, 0.25) is 0 Å². The molecule has 1 heterocycles. The van der Waals surface area contributed by atoms with Gasteiger partial charge in [-0.3, -0.25) is 0 Å². The van der Waals surface area contributed by atoms with Crippen LogP contribution in [-0.4, -0.2) is 21.6 Å². The van der Waals surface area contributed by atoms with Crippen LogP contribution in [0.3, 0.4) is 0 Å². The fourth-order valence-electron chi connectivity index (χ4n) is 0.902. The molecule has 0 saturated heterocycles. The molecule has 1 fully saturated rings. The van der Waals surface area contributed by atoms with Gasteiger partial charge in [0.1, 0.15) is 0 Å². The largest absolute Gasteiger partial charge is 0.370 e. The number of hydrogen-bond donors (Lipinski definition) is 2. The first-order valence-electron chi connectivity index (χ1n) is 4.17. The Kier molecular flexibility index (Phi) is 2.40. The van der Waals surface area contributed by atoms with E-state index in [1.165, 1.54) is 24.4 Å². The number of guanidine groups is 1. The summed E-state index contributed by atoms with van der Waals surface area (Å²) in [6.07, 6.45) is 2.41. The molecular weight excluding hydrogens is 186 g/mol. The molecule has 0 aliphatic heterocycles. The zero-order valence-electron chi connectivity index (χ0n) is 7.10. The van der Waals surface area contributed by atoms with Crippen LogP contribution in [0.15, 0.2) is 10.4 Å². The fraction of sp³-hybridized carbons (Fsp3) is 0.571. The van der Waals surface area contributed by atoms with Crippen molar-refractivity contribution in [1.82, 2.24) is 14.9 Å². The number of rotatable bonds is 3. The average molecular weight is 197 g/mol. The predicted molar refractivity (Wildman–Crippen MR) is 51.4 cm³/mol. The van der Waals surface area contributed by atoms with Crippen LogP contribution < -0.4 is 11.1 Å². The minimum Gasteiger partial charge on any atom is -0.370 e. The van der Waals surface area contributed by atoms with Crippen LogP contribution in [-0.2, 0) is 6.54 Å². The third-order valence-corrected chi connectivity index (χ3v) is 2.30. The number of aliphatic imine (C=N–C) groups is 1. The van der Waals surface area contributed by atoms with Gasteiger partial charge in [-0.05, 0) is 24.4 Å². The van der Waals surface area contributed by atoms with Crippen molar-refractivity contribution in [2.45, 2.75) is 25.4 Å². The Bertz CT molecular complexity index is 290. The van der Waals surface area contributed by atoms with E-state index in [1.54, 1.807) is 0 Å². The zero-order chi connectivity index (χ0) is 9.10. The molecule has 0 bridgehead atoms. The smallest absolute Gasteiger partial charge is 0.189 e. The van der Waals surface area contributed by atoms with Crippen LogP contribution in [0.1, 0.15) is 18.5 Å².